The number of carbonyl (C=O) groups excluding carboxylic acids is 1. The lowest BCUT2D eigenvalue weighted by atomic mass is 9.77. The number of pyridine rings is 1. The summed E-state index contributed by atoms with van der Waals surface area (Å²) in [5.74, 6) is 1.96. The summed E-state index contributed by atoms with van der Waals surface area (Å²) in [6.07, 6.45) is 7.01. The summed E-state index contributed by atoms with van der Waals surface area (Å²) in [4.78, 5) is 22.1. The quantitative estimate of drug-likeness (QED) is 0.780. The number of fused-ring (bicyclic) bond motifs is 2. The number of hydrogen-bond donors (Lipinski definition) is 0. The van der Waals surface area contributed by atoms with E-state index in [1.165, 1.54) is 12.8 Å². The van der Waals surface area contributed by atoms with Crippen LogP contribution in [0.2, 0.25) is 0 Å². The van der Waals surface area contributed by atoms with E-state index in [1.54, 1.807) is 0 Å². The predicted molar refractivity (Wildman–Crippen MR) is 112 cm³/mol. The van der Waals surface area contributed by atoms with E-state index in [9.17, 15) is 4.79 Å². The zero-order valence-corrected chi connectivity index (χ0v) is 17.8. The number of aryl methyl sites for hydroxylation is 1. The zero-order valence-electron chi connectivity index (χ0n) is 17.8. The third-order valence-electron chi connectivity index (χ3n) is 7.19. The number of ether oxygens (including phenoxy) is 1. The SMILES string of the molecule is Cc1cccc2nc(C(=O)N3C[C@H]4C[C@@H](N(C)C)[C@H](OCC5CC5)C[C@H]4C3)cn12. The third kappa shape index (κ3) is 3.68. The largest absolute Gasteiger partial charge is 0.376 e. The van der Waals surface area contributed by atoms with Gasteiger partial charge in [0.2, 0.25) is 0 Å². The predicted octanol–water partition coefficient (Wildman–Crippen LogP) is 2.85. The summed E-state index contributed by atoms with van der Waals surface area (Å²) < 4.78 is 8.36. The van der Waals surface area contributed by atoms with Crippen LogP contribution in [0, 0.1) is 24.7 Å². The number of rotatable bonds is 5. The van der Waals surface area contributed by atoms with Gasteiger partial charge >= 0.3 is 0 Å². The smallest absolute Gasteiger partial charge is 0.274 e. The number of nitrogens with zero attached hydrogens (tertiary/aromatic N) is 4. The van der Waals surface area contributed by atoms with Crippen LogP contribution in [0.25, 0.3) is 5.65 Å². The van der Waals surface area contributed by atoms with E-state index in [0.29, 0.717) is 29.7 Å². The van der Waals surface area contributed by atoms with E-state index >= 15 is 0 Å². The molecule has 5 rings (SSSR count). The van der Waals surface area contributed by atoms with Crippen molar-refractivity contribution in [1.29, 1.82) is 0 Å². The van der Waals surface area contributed by atoms with E-state index in [4.69, 9.17) is 4.74 Å². The van der Waals surface area contributed by atoms with Crippen molar-refractivity contribution in [2.45, 2.75) is 44.8 Å². The Balaban J connectivity index is 1.30. The fraction of sp³-hybridized carbons (Fsp3) is 0.652. The lowest BCUT2D eigenvalue weighted by Gasteiger charge is -2.41. The van der Waals surface area contributed by atoms with Crippen molar-refractivity contribution in [3.8, 4) is 0 Å². The van der Waals surface area contributed by atoms with Crippen LogP contribution in [0.1, 0.15) is 41.9 Å². The van der Waals surface area contributed by atoms with Crippen molar-refractivity contribution >= 4 is 11.6 Å². The number of carbonyl (C=O) groups is 1. The molecule has 0 N–H and O–H groups in total. The Morgan fingerprint density at radius 1 is 1.21 bits per heavy atom. The molecule has 6 heteroatoms. The van der Waals surface area contributed by atoms with Crippen LogP contribution in [0.4, 0.5) is 0 Å². The molecular formula is C23H32N4O2. The van der Waals surface area contributed by atoms with Gasteiger partial charge < -0.3 is 18.9 Å². The standard InChI is InChI=1S/C23H32N4O2/c1-15-5-4-6-22-24-19(13-27(15)22)23(28)26-11-17-9-20(25(2)3)21(10-18(17)12-26)29-14-16-7-8-16/h4-6,13,16-18,20-21H,7-12,14H2,1-3H3/t17-,18+,20-,21-/m1/s1. The van der Waals surface area contributed by atoms with Crippen molar-refractivity contribution in [3.05, 3.63) is 35.8 Å². The van der Waals surface area contributed by atoms with Crippen molar-refractivity contribution in [1.82, 2.24) is 19.2 Å². The maximum Gasteiger partial charge on any atom is 0.274 e. The lowest BCUT2D eigenvalue weighted by molar-refractivity contribution is -0.0493. The minimum atomic E-state index is 0.0688. The monoisotopic (exact) mass is 396 g/mol. The first-order valence-electron chi connectivity index (χ1n) is 11.0. The van der Waals surface area contributed by atoms with Gasteiger partial charge in [0, 0.05) is 37.6 Å². The van der Waals surface area contributed by atoms with Gasteiger partial charge in [0.05, 0.1) is 6.10 Å². The summed E-state index contributed by atoms with van der Waals surface area (Å²) in [7, 11) is 4.32. The van der Waals surface area contributed by atoms with Gasteiger partial charge in [-0.3, -0.25) is 4.79 Å². The first kappa shape index (κ1) is 19.1. The minimum Gasteiger partial charge on any atom is -0.376 e. The molecule has 3 fully saturated rings. The number of likely N-dealkylation sites (N-methyl/N-ethyl adjacent to an activating group) is 1. The molecule has 0 bridgehead atoms. The summed E-state index contributed by atoms with van der Waals surface area (Å²) in [6, 6.07) is 6.43. The molecule has 29 heavy (non-hydrogen) atoms. The van der Waals surface area contributed by atoms with Crippen LogP contribution in [0.3, 0.4) is 0 Å². The van der Waals surface area contributed by atoms with Crippen molar-refractivity contribution in [2.24, 2.45) is 17.8 Å². The Morgan fingerprint density at radius 2 is 1.97 bits per heavy atom. The molecule has 1 saturated heterocycles. The third-order valence-corrected chi connectivity index (χ3v) is 7.19. The average Bonchev–Trinajstić information content (AvgIpc) is 3.26. The molecule has 0 unspecified atom stereocenters. The van der Waals surface area contributed by atoms with Crippen molar-refractivity contribution < 1.29 is 9.53 Å². The van der Waals surface area contributed by atoms with Gasteiger partial charge in [-0.25, -0.2) is 4.98 Å². The molecule has 3 aliphatic rings. The number of amides is 1. The number of aromatic nitrogens is 2. The highest BCUT2D eigenvalue weighted by atomic mass is 16.5. The average molecular weight is 397 g/mol. The van der Waals surface area contributed by atoms with Gasteiger partial charge in [-0.2, -0.15) is 0 Å². The van der Waals surface area contributed by atoms with Gasteiger partial charge in [-0.05, 0) is 76.6 Å². The summed E-state index contributed by atoms with van der Waals surface area (Å²) in [5, 5.41) is 0. The molecule has 0 spiro atoms. The molecule has 1 aliphatic heterocycles. The maximum atomic E-state index is 13.2. The van der Waals surface area contributed by atoms with E-state index in [2.05, 4.69) is 24.0 Å². The van der Waals surface area contributed by atoms with Crippen LogP contribution in [-0.4, -0.2) is 71.0 Å². The normalized spacial score (nSPS) is 29.6. The van der Waals surface area contributed by atoms with Crippen LogP contribution in [-0.2, 0) is 4.74 Å². The second-order valence-electron chi connectivity index (χ2n) is 9.57. The highest BCUT2D eigenvalue weighted by Gasteiger charge is 2.45. The van der Waals surface area contributed by atoms with Crippen LogP contribution in [0.5, 0.6) is 0 Å². The summed E-state index contributed by atoms with van der Waals surface area (Å²) in [5.41, 5.74) is 2.49. The fourth-order valence-corrected chi connectivity index (χ4v) is 5.24. The van der Waals surface area contributed by atoms with Crippen molar-refractivity contribution in [2.75, 3.05) is 33.8 Å². The second-order valence-corrected chi connectivity index (χ2v) is 9.57. The Labute approximate surface area is 172 Å². The molecule has 4 atom stereocenters. The molecule has 6 nitrogen and oxygen atoms in total. The molecule has 0 aromatic carbocycles. The molecular weight excluding hydrogens is 364 g/mol. The molecule has 2 aliphatic carbocycles. The Bertz CT molecular complexity index is 903. The summed E-state index contributed by atoms with van der Waals surface area (Å²) >= 11 is 0. The second kappa shape index (κ2) is 7.40. The first-order valence-corrected chi connectivity index (χ1v) is 11.0. The molecule has 1 amide bonds. The summed E-state index contributed by atoms with van der Waals surface area (Å²) in [6.45, 7) is 4.63. The van der Waals surface area contributed by atoms with Crippen LogP contribution in [0.15, 0.2) is 24.4 Å². The Morgan fingerprint density at radius 3 is 2.66 bits per heavy atom. The molecule has 2 aromatic rings. The maximum absolute atomic E-state index is 13.2. The number of likely N-dealkylation sites (tertiary alicyclic amines) is 1. The topological polar surface area (TPSA) is 50.1 Å². The zero-order chi connectivity index (χ0) is 20.1. The molecule has 2 aromatic heterocycles. The fourth-order valence-electron chi connectivity index (χ4n) is 5.24. The molecule has 0 radical (unpaired) electrons. The van der Waals surface area contributed by atoms with E-state index in [1.807, 2.05) is 40.6 Å². The van der Waals surface area contributed by atoms with Crippen LogP contribution >= 0.6 is 0 Å². The molecule has 3 heterocycles. The molecule has 156 valence electrons. The van der Waals surface area contributed by atoms with E-state index < -0.39 is 0 Å². The number of imidazole rings is 1. The van der Waals surface area contributed by atoms with Gasteiger partial charge in [-0.15, -0.1) is 0 Å². The van der Waals surface area contributed by atoms with Crippen molar-refractivity contribution in [3.63, 3.8) is 0 Å². The van der Waals surface area contributed by atoms with E-state index in [0.717, 1.165) is 49.8 Å². The van der Waals surface area contributed by atoms with E-state index in [-0.39, 0.29) is 5.91 Å². The Hall–Kier alpha value is -1.92. The minimum absolute atomic E-state index is 0.0688. The lowest BCUT2D eigenvalue weighted by Crippen LogP contribution is -2.48. The Kier molecular flexibility index (Phi) is 4.87. The van der Waals surface area contributed by atoms with Gasteiger partial charge in [0.25, 0.3) is 5.91 Å². The first-order chi connectivity index (χ1) is 14.0. The van der Waals surface area contributed by atoms with Crippen LogP contribution < -0.4 is 0 Å². The van der Waals surface area contributed by atoms with Gasteiger partial charge in [-0.1, -0.05) is 6.07 Å². The van der Waals surface area contributed by atoms with Gasteiger partial charge in [0.15, 0.2) is 0 Å². The number of hydrogen-bond acceptors (Lipinski definition) is 4. The van der Waals surface area contributed by atoms with Gasteiger partial charge in [0.1, 0.15) is 11.3 Å². The molecule has 2 saturated carbocycles. The highest BCUT2D eigenvalue weighted by molar-refractivity contribution is 5.93. The highest BCUT2D eigenvalue weighted by Crippen LogP contribution is 2.40.